The van der Waals surface area contributed by atoms with E-state index in [-0.39, 0.29) is 5.91 Å². The van der Waals surface area contributed by atoms with E-state index in [4.69, 9.17) is 9.15 Å². The van der Waals surface area contributed by atoms with Gasteiger partial charge in [-0.25, -0.2) is 4.79 Å². The smallest absolute Gasteiger partial charge is 0.336 e. The van der Waals surface area contributed by atoms with Gasteiger partial charge in [0.2, 0.25) is 0 Å². The standard InChI is InChI=1S/C21H25NO4/c1-14-12-20(23)26-19-13-17(8-9-18(14)19)25-15(2)21(24)22-11-10-16-6-4-3-5-7-16/h6,8-9,12-13,15H,3-5,7,10-11H2,1-2H3,(H,22,24)/t15-/m0/s1. The second-order valence-electron chi connectivity index (χ2n) is 6.82. The van der Waals surface area contributed by atoms with Crippen molar-refractivity contribution in [2.45, 2.75) is 52.1 Å². The third-order valence-corrected chi connectivity index (χ3v) is 4.74. The summed E-state index contributed by atoms with van der Waals surface area (Å²) in [7, 11) is 0. The molecule has 0 bridgehead atoms. The Morgan fingerprint density at radius 3 is 2.92 bits per heavy atom. The lowest BCUT2D eigenvalue weighted by atomic mass is 9.97. The molecule has 0 unspecified atom stereocenters. The Morgan fingerprint density at radius 2 is 2.15 bits per heavy atom. The first-order chi connectivity index (χ1) is 12.5. The molecular formula is C21H25NO4. The van der Waals surface area contributed by atoms with E-state index in [1.807, 2.05) is 13.0 Å². The number of rotatable bonds is 6. The minimum absolute atomic E-state index is 0.146. The zero-order valence-electron chi connectivity index (χ0n) is 15.3. The van der Waals surface area contributed by atoms with Gasteiger partial charge in [0.15, 0.2) is 6.10 Å². The average molecular weight is 355 g/mol. The Morgan fingerprint density at radius 1 is 1.31 bits per heavy atom. The highest BCUT2D eigenvalue weighted by atomic mass is 16.5. The molecule has 0 fully saturated rings. The van der Waals surface area contributed by atoms with Gasteiger partial charge < -0.3 is 14.5 Å². The molecule has 1 heterocycles. The van der Waals surface area contributed by atoms with Gasteiger partial charge in [0, 0.05) is 24.1 Å². The lowest BCUT2D eigenvalue weighted by Gasteiger charge is -2.16. The first-order valence-electron chi connectivity index (χ1n) is 9.20. The maximum atomic E-state index is 12.2. The quantitative estimate of drug-likeness (QED) is 0.631. The molecule has 5 heteroatoms. The third kappa shape index (κ3) is 4.54. The van der Waals surface area contributed by atoms with Crippen LogP contribution in [0.15, 0.2) is 45.1 Å². The number of carbonyl (C=O) groups is 1. The Bertz CT molecular complexity index is 881. The van der Waals surface area contributed by atoms with Crippen molar-refractivity contribution in [2.24, 2.45) is 0 Å². The molecule has 3 rings (SSSR count). The molecule has 1 aromatic carbocycles. The van der Waals surface area contributed by atoms with Crippen LogP contribution in [0.3, 0.4) is 0 Å². The van der Waals surface area contributed by atoms with Crippen LogP contribution in [0, 0.1) is 6.92 Å². The first kappa shape index (κ1) is 18.2. The molecule has 0 aliphatic heterocycles. The number of hydrogen-bond acceptors (Lipinski definition) is 4. The number of fused-ring (bicyclic) bond motifs is 1. The average Bonchev–Trinajstić information content (AvgIpc) is 2.62. The van der Waals surface area contributed by atoms with Gasteiger partial charge in [-0.15, -0.1) is 0 Å². The molecule has 1 aromatic heterocycles. The van der Waals surface area contributed by atoms with Crippen LogP contribution in [0.25, 0.3) is 11.0 Å². The number of allylic oxidation sites excluding steroid dienone is 1. The first-order valence-corrected chi connectivity index (χ1v) is 9.20. The monoisotopic (exact) mass is 355 g/mol. The van der Waals surface area contributed by atoms with Gasteiger partial charge in [0.05, 0.1) is 0 Å². The van der Waals surface area contributed by atoms with Crippen LogP contribution >= 0.6 is 0 Å². The van der Waals surface area contributed by atoms with Crippen LogP contribution in [0.2, 0.25) is 0 Å². The van der Waals surface area contributed by atoms with Crippen LogP contribution in [0.5, 0.6) is 5.75 Å². The van der Waals surface area contributed by atoms with Gasteiger partial charge in [-0.2, -0.15) is 0 Å². The van der Waals surface area contributed by atoms with Crippen LogP contribution in [-0.4, -0.2) is 18.6 Å². The molecule has 26 heavy (non-hydrogen) atoms. The largest absolute Gasteiger partial charge is 0.481 e. The summed E-state index contributed by atoms with van der Waals surface area (Å²) in [6.45, 7) is 4.20. The predicted molar refractivity (Wildman–Crippen MR) is 101 cm³/mol. The minimum atomic E-state index is -0.621. The molecule has 5 nitrogen and oxygen atoms in total. The molecule has 1 amide bonds. The number of carbonyl (C=O) groups excluding carboxylic acids is 1. The number of nitrogens with one attached hydrogen (secondary N) is 1. The molecular weight excluding hydrogens is 330 g/mol. The summed E-state index contributed by atoms with van der Waals surface area (Å²) in [5.74, 6) is 0.357. The zero-order chi connectivity index (χ0) is 18.5. The highest BCUT2D eigenvalue weighted by Crippen LogP contribution is 2.23. The summed E-state index contributed by atoms with van der Waals surface area (Å²) in [5.41, 5.74) is 2.36. The SMILES string of the molecule is Cc1cc(=O)oc2cc(O[C@@H](C)C(=O)NCCC3=CCCCC3)ccc12. The van der Waals surface area contributed by atoms with Crippen molar-refractivity contribution in [1.82, 2.24) is 5.32 Å². The molecule has 0 saturated heterocycles. The van der Waals surface area contributed by atoms with Crippen molar-refractivity contribution in [3.8, 4) is 5.75 Å². The summed E-state index contributed by atoms with van der Waals surface area (Å²) in [6.07, 6.45) is 7.39. The molecule has 2 aromatic rings. The van der Waals surface area contributed by atoms with Crippen LogP contribution in [-0.2, 0) is 4.79 Å². The Hall–Kier alpha value is -2.56. The number of aryl methyl sites for hydroxylation is 1. The van der Waals surface area contributed by atoms with Gasteiger partial charge in [-0.1, -0.05) is 11.6 Å². The van der Waals surface area contributed by atoms with Crippen LogP contribution in [0.4, 0.5) is 0 Å². The van der Waals surface area contributed by atoms with Gasteiger partial charge in [-0.05, 0) is 63.6 Å². The summed E-state index contributed by atoms with van der Waals surface area (Å²) in [6, 6.07) is 6.73. The van der Waals surface area contributed by atoms with Crippen molar-refractivity contribution in [3.63, 3.8) is 0 Å². The van der Waals surface area contributed by atoms with E-state index < -0.39 is 11.7 Å². The number of hydrogen-bond donors (Lipinski definition) is 1. The molecule has 1 N–H and O–H groups in total. The maximum Gasteiger partial charge on any atom is 0.336 e. The topological polar surface area (TPSA) is 68.5 Å². The zero-order valence-corrected chi connectivity index (χ0v) is 15.3. The van der Waals surface area contributed by atoms with Gasteiger partial charge in [0.25, 0.3) is 5.91 Å². The molecule has 0 spiro atoms. The molecule has 1 atom stereocenters. The highest BCUT2D eigenvalue weighted by Gasteiger charge is 2.15. The number of benzene rings is 1. The van der Waals surface area contributed by atoms with Crippen molar-refractivity contribution in [2.75, 3.05) is 6.54 Å². The Balaban J connectivity index is 1.57. The normalized spacial score (nSPS) is 15.4. The summed E-state index contributed by atoms with van der Waals surface area (Å²) in [5, 5.41) is 3.78. The fourth-order valence-corrected chi connectivity index (χ4v) is 3.26. The van der Waals surface area contributed by atoms with Crippen molar-refractivity contribution in [1.29, 1.82) is 0 Å². The lowest BCUT2D eigenvalue weighted by Crippen LogP contribution is -2.37. The van der Waals surface area contributed by atoms with Gasteiger partial charge >= 0.3 is 5.63 Å². The second-order valence-corrected chi connectivity index (χ2v) is 6.82. The van der Waals surface area contributed by atoms with E-state index in [0.717, 1.165) is 30.2 Å². The molecule has 0 saturated carbocycles. The van der Waals surface area contributed by atoms with Crippen LogP contribution in [0.1, 0.15) is 44.6 Å². The predicted octanol–water partition coefficient (Wildman–Crippen LogP) is 3.88. The van der Waals surface area contributed by atoms with E-state index in [0.29, 0.717) is 17.9 Å². The maximum absolute atomic E-state index is 12.2. The highest BCUT2D eigenvalue weighted by molar-refractivity contribution is 5.82. The fraction of sp³-hybridized carbons (Fsp3) is 0.429. The Kier molecular flexibility index (Phi) is 5.76. The van der Waals surface area contributed by atoms with Gasteiger partial charge in [-0.3, -0.25) is 4.79 Å². The summed E-state index contributed by atoms with van der Waals surface area (Å²) < 4.78 is 10.9. The lowest BCUT2D eigenvalue weighted by molar-refractivity contribution is -0.127. The summed E-state index contributed by atoms with van der Waals surface area (Å²) >= 11 is 0. The second kappa shape index (κ2) is 8.21. The van der Waals surface area contributed by atoms with E-state index in [1.54, 1.807) is 19.1 Å². The molecule has 138 valence electrons. The number of amides is 1. The molecule has 0 radical (unpaired) electrons. The van der Waals surface area contributed by atoms with Crippen molar-refractivity contribution >= 4 is 16.9 Å². The minimum Gasteiger partial charge on any atom is -0.481 e. The van der Waals surface area contributed by atoms with Gasteiger partial charge in [0.1, 0.15) is 11.3 Å². The number of ether oxygens (including phenoxy) is 1. The van der Waals surface area contributed by atoms with E-state index in [2.05, 4.69) is 11.4 Å². The van der Waals surface area contributed by atoms with E-state index in [1.165, 1.54) is 24.5 Å². The molecule has 1 aliphatic carbocycles. The van der Waals surface area contributed by atoms with E-state index >= 15 is 0 Å². The van der Waals surface area contributed by atoms with Crippen molar-refractivity contribution < 1.29 is 13.9 Å². The van der Waals surface area contributed by atoms with Crippen LogP contribution < -0.4 is 15.7 Å². The fourth-order valence-electron chi connectivity index (χ4n) is 3.26. The van der Waals surface area contributed by atoms with E-state index in [9.17, 15) is 9.59 Å². The third-order valence-electron chi connectivity index (χ3n) is 4.74. The van der Waals surface area contributed by atoms with Crippen molar-refractivity contribution in [3.05, 3.63) is 51.9 Å². The molecule has 1 aliphatic rings. The Labute approximate surface area is 153 Å². The summed E-state index contributed by atoms with van der Waals surface area (Å²) in [4.78, 5) is 23.8.